The van der Waals surface area contributed by atoms with E-state index in [1.165, 1.54) is 13.0 Å². The Morgan fingerprint density at radius 1 is 1.22 bits per heavy atom. The van der Waals surface area contributed by atoms with E-state index in [2.05, 4.69) is 11.8 Å². The Labute approximate surface area is 149 Å². The summed E-state index contributed by atoms with van der Waals surface area (Å²) in [4.78, 5) is 17.0. The number of halogens is 2. The first-order valence-electron chi connectivity index (χ1n) is 8.52. The van der Waals surface area contributed by atoms with E-state index in [0.717, 1.165) is 31.6 Å². The van der Waals surface area contributed by atoms with Gasteiger partial charge in [-0.2, -0.15) is 0 Å². The van der Waals surface area contributed by atoms with Crippen molar-refractivity contribution in [3.05, 3.63) is 28.2 Å². The fourth-order valence-electron chi connectivity index (χ4n) is 3.24. The lowest BCUT2D eigenvalue weighted by Crippen LogP contribution is -2.37. The lowest BCUT2D eigenvalue weighted by molar-refractivity contribution is -0.119. The smallest absolute Gasteiger partial charge is 0.227 e. The van der Waals surface area contributed by atoms with Crippen LogP contribution in [0, 0.1) is 5.92 Å². The van der Waals surface area contributed by atoms with Gasteiger partial charge in [0, 0.05) is 18.7 Å². The van der Waals surface area contributed by atoms with Crippen molar-refractivity contribution < 1.29 is 4.79 Å². The molecule has 1 aliphatic heterocycles. The summed E-state index contributed by atoms with van der Waals surface area (Å²) < 4.78 is 0. The zero-order valence-electron chi connectivity index (χ0n) is 14.0. The molecule has 1 amide bonds. The Hall–Kier alpha value is -0.770. The maximum atomic E-state index is 12.7. The average molecular weight is 357 g/mol. The summed E-state index contributed by atoms with van der Waals surface area (Å²) >= 11 is 12.0. The molecule has 0 saturated carbocycles. The Kier molecular flexibility index (Phi) is 7.19. The van der Waals surface area contributed by atoms with Gasteiger partial charge in [-0.05, 0) is 69.9 Å². The molecule has 1 aromatic rings. The quantitative estimate of drug-likeness (QED) is 0.726. The maximum Gasteiger partial charge on any atom is 0.227 e. The number of amides is 1. The Morgan fingerprint density at radius 3 is 2.48 bits per heavy atom. The molecule has 1 aromatic carbocycles. The van der Waals surface area contributed by atoms with Crippen molar-refractivity contribution in [1.29, 1.82) is 0 Å². The number of hydrogen-bond donors (Lipinski definition) is 0. The van der Waals surface area contributed by atoms with Crippen LogP contribution in [0.2, 0.25) is 10.0 Å². The molecule has 0 bridgehead atoms. The first-order valence-corrected chi connectivity index (χ1v) is 9.28. The highest BCUT2D eigenvalue weighted by Gasteiger charge is 2.24. The van der Waals surface area contributed by atoms with Gasteiger partial charge in [-0.15, -0.1) is 0 Å². The number of benzene rings is 1. The summed E-state index contributed by atoms with van der Waals surface area (Å²) in [6.07, 6.45) is 4.05. The third kappa shape index (κ3) is 5.10. The topological polar surface area (TPSA) is 23.6 Å². The molecule has 0 radical (unpaired) electrons. The van der Waals surface area contributed by atoms with Crippen molar-refractivity contribution in [2.24, 2.45) is 5.92 Å². The van der Waals surface area contributed by atoms with Crippen molar-refractivity contribution in [3.63, 3.8) is 0 Å². The van der Waals surface area contributed by atoms with E-state index in [4.69, 9.17) is 23.2 Å². The van der Waals surface area contributed by atoms with Gasteiger partial charge in [-0.3, -0.25) is 4.79 Å². The highest BCUT2D eigenvalue weighted by atomic mass is 35.5. The number of carbonyl (C=O) groups excluding carboxylic acids is 1. The van der Waals surface area contributed by atoms with Crippen LogP contribution in [0.25, 0.3) is 0 Å². The van der Waals surface area contributed by atoms with Crippen LogP contribution in [0.5, 0.6) is 0 Å². The molecule has 0 unspecified atom stereocenters. The van der Waals surface area contributed by atoms with Gasteiger partial charge in [0.05, 0.1) is 10.0 Å². The third-order valence-corrected chi connectivity index (χ3v) is 5.28. The van der Waals surface area contributed by atoms with E-state index in [1.54, 1.807) is 17.0 Å². The fourth-order valence-corrected chi connectivity index (χ4v) is 3.54. The summed E-state index contributed by atoms with van der Waals surface area (Å²) in [6.45, 7) is 8.25. The first-order chi connectivity index (χ1) is 11.0. The molecule has 0 aliphatic carbocycles. The largest absolute Gasteiger partial charge is 0.313 e. The van der Waals surface area contributed by atoms with Crippen molar-refractivity contribution in [2.45, 2.75) is 39.5 Å². The highest BCUT2D eigenvalue weighted by Crippen LogP contribution is 2.29. The highest BCUT2D eigenvalue weighted by molar-refractivity contribution is 6.42. The van der Waals surface area contributed by atoms with Crippen molar-refractivity contribution in [3.8, 4) is 0 Å². The SMILES string of the molecule is CCCN1CCC(CC(=O)N(CC)c2ccc(Cl)c(Cl)c2)CC1. The number of likely N-dealkylation sites (tertiary alicyclic amines) is 1. The lowest BCUT2D eigenvalue weighted by Gasteiger charge is -2.32. The van der Waals surface area contributed by atoms with Gasteiger partial charge in [0.25, 0.3) is 0 Å². The van der Waals surface area contributed by atoms with Crippen LogP contribution >= 0.6 is 23.2 Å². The maximum absolute atomic E-state index is 12.7. The molecule has 0 spiro atoms. The van der Waals surface area contributed by atoms with Gasteiger partial charge in [0.1, 0.15) is 0 Å². The molecule has 3 nitrogen and oxygen atoms in total. The monoisotopic (exact) mass is 356 g/mol. The van der Waals surface area contributed by atoms with E-state index in [-0.39, 0.29) is 5.91 Å². The molecule has 1 fully saturated rings. The van der Waals surface area contributed by atoms with Crippen LogP contribution in [-0.4, -0.2) is 37.0 Å². The molecule has 2 rings (SSSR count). The van der Waals surface area contributed by atoms with E-state index in [0.29, 0.717) is 28.9 Å². The van der Waals surface area contributed by atoms with Crippen molar-refractivity contribution in [2.75, 3.05) is 31.1 Å². The number of anilines is 1. The molecule has 1 saturated heterocycles. The lowest BCUT2D eigenvalue weighted by atomic mass is 9.93. The van der Waals surface area contributed by atoms with E-state index < -0.39 is 0 Å². The molecule has 0 atom stereocenters. The Balaban J connectivity index is 1.94. The van der Waals surface area contributed by atoms with Crippen LogP contribution < -0.4 is 4.90 Å². The minimum Gasteiger partial charge on any atom is -0.313 e. The second kappa shape index (κ2) is 8.91. The van der Waals surface area contributed by atoms with Crippen molar-refractivity contribution in [1.82, 2.24) is 4.90 Å². The number of nitrogens with zero attached hydrogens (tertiary/aromatic N) is 2. The van der Waals surface area contributed by atoms with Gasteiger partial charge >= 0.3 is 0 Å². The van der Waals surface area contributed by atoms with E-state index >= 15 is 0 Å². The molecule has 0 N–H and O–H groups in total. The molecular formula is C18H26Cl2N2O. The van der Waals surface area contributed by atoms with Crippen LogP contribution in [0.1, 0.15) is 39.5 Å². The number of rotatable bonds is 6. The van der Waals surface area contributed by atoms with Gasteiger partial charge in [0.2, 0.25) is 5.91 Å². The number of hydrogen-bond acceptors (Lipinski definition) is 2. The average Bonchev–Trinajstić information content (AvgIpc) is 2.53. The summed E-state index contributed by atoms with van der Waals surface area (Å²) in [5.74, 6) is 0.673. The molecule has 5 heteroatoms. The van der Waals surface area contributed by atoms with Crippen molar-refractivity contribution >= 4 is 34.8 Å². The van der Waals surface area contributed by atoms with Gasteiger partial charge in [0.15, 0.2) is 0 Å². The van der Waals surface area contributed by atoms with E-state index in [9.17, 15) is 4.79 Å². The van der Waals surface area contributed by atoms with Crippen LogP contribution in [0.3, 0.4) is 0 Å². The predicted molar refractivity (Wildman–Crippen MR) is 98.6 cm³/mol. The molecule has 23 heavy (non-hydrogen) atoms. The zero-order valence-corrected chi connectivity index (χ0v) is 15.5. The van der Waals surface area contributed by atoms with Gasteiger partial charge in [-0.1, -0.05) is 30.1 Å². The summed E-state index contributed by atoms with van der Waals surface area (Å²) in [6, 6.07) is 5.38. The van der Waals surface area contributed by atoms with Crippen LogP contribution in [0.4, 0.5) is 5.69 Å². The fraction of sp³-hybridized carbons (Fsp3) is 0.611. The first kappa shape index (κ1) is 18.6. The van der Waals surface area contributed by atoms with Gasteiger partial charge in [-0.25, -0.2) is 0 Å². The standard InChI is InChI=1S/C18H26Cl2N2O/c1-3-9-21-10-7-14(8-11-21)12-18(23)22(4-2)15-5-6-16(19)17(20)13-15/h5-6,13-14H,3-4,7-12H2,1-2H3. The normalized spacial score (nSPS) is 16.5. The Bertz CT molecular complexity index is 528. The molecule has 0 aromatic heterocycles. The zero-order chi connectivity index (χ0) is 16.8. The van der Waals surface area contributed by atoms with Crippen LogP contribution in [0.15, 0.2) is 18.2 Å². The minimum atomic E-state index is 0.180. The second-order valence-corrected chi connectivity index (χ2v) is 7.04. The second-order valence-electron chi connectivity index (χ2n) is 6.23. The number of piperidine rings is 1. The Morgan fingerprint density at radius 2 is 1.91 bits per heavy atom. The summed E-state index contributed by atoms with van der Waals surface area (Å²) in [5, 5.41) is 1.01. The van der Waals surface area contributed by atoms with E-state index in [1.807, 2.05) is 13.0 Å². The molecular weight excluding hydrogens is 331 g/mol. The molecule has 1 heterocycles. The number of carbonyl (C=O) groups is 1. The summed E-state index contributed by atoms with van der Waals surface area (Å²) in [7, 11) is 0. The molecule has 1 aliphatic rings. The minimum absolute atomic E-state index is 0.180. The predicted octanol–water partition coefficient (Wildman–Crippen LogP) is 4.86. The van der Waals surface area contributed by atoms with Crippen LogP contribution in [-0.2, 0) is 4.79 Å². The van der Waals surface area contributed by atoms with Gasteiger partial charge < -0.3 is 9.80 Å². The molecule has 128 valence electrons. The summed E-state index contributed by atoms with van der Waals surface area (Å²) in [5.41, 5.74) is 0.829. The third-order valence-electron chi connectivity index (χ3n) is 4.54.